The number of hydrogen-bond donors (Lipinski definition) is 2. The number of nitrogen functional groups attached to an aromatic ring is 2. The van der Waals surface area contributed by atoms with Crippen molar-refractivity contribution in [2.45, 2.75) is 6.61 Å². The van der Waals surface area contributed by atoms with E-state index in [9.17, 15) is 8.78 Å². The summed E-state index contributed by atoms with van der Waals surface area (Å²) in [6.45, 7) is 0.296. The van der Waals surface area contributed by atoms with Gasteiger partial charge >= 0.3 is 6.01 Å². The summed E-state index contributed by atoms with van der Waals surface area (Å²) in [6, 6.07) is 7.67. The van der Waals surface area contributed by atoms with Crippen LogP contribution in [0, 0.1) is 11.6 Å². The zero-order chi connectivity index (χ0) is 19.1. The van der Waals surface area contributed by atoms with Crippen molar-refractivity contribution in [1.82, 2.24) is 19.9 Å². The van der Waals surface area contributed by atoms with Crippen LogP contribution in [0.4, 0.5) is 20.4 Å². The fourth-order valence-corrected chi connectivity index (χ4v) is 2.15. The van der Waals surface area contributed by atoms with Crippen LogP contribution in [0.2, 0.25) is 5.28 Å². The second-order valence-corrected chi connectivity index (χ2v) is 5.93. The monoisotopic (exact) mass is 444 g/mol. The summed E-state index contributed by atoms with van der Waals surface area (Å²) in [5, 5.41) is -0.0473. The zero-order valence-electron chi connectivity index (χ0n) is 13.0. The van der Waals surface area contributed by atoms with E-state index in [1.54, 1.807) is 0 Å². The van der Waals surface area contributed by atoms with Crippen molar-refractivity contribution in [1.29, 1.82) is 0 Å². The van der Waals surface area contributed by atoms with Crippen molar-refractivity contribution < 1.29 is 13.5 Å². The molecule has 136 valence electrons. The third kappa shape index (κ3) is 6.05. The van der Waals surface area contributed by atoms with Gasteiger partial charge in [0.05, 0.1) is 12.4 Å². The van der Waals surface area contributed by atoms with Crippen molar-refractivity contribution in [2.75, 3.05) is 11.5 Å². The van der Waals surface area contributed by atoms with Gasteiger partial charge in [-0.3, -0.25) is 0 Å². The lowest BCUT2D eigenvalue weighted by molar-refractivity contribution is 0.280. The van der Waals surface area contributed by atoms with Gasteiger partial charge in [0.25, 0.3) is 0 Å². The van der Waals surface area contributed by atoms with Gasteiger partial charge in [-0.1, -0.05) is 28.1 Å². The molecule has 2 aromatic heterocycles. The molecule has 0 bridgehead atoms. The summed E-state index contributed by atoms with van der Waals surface area (Å²) >= 11 is 8.60. The van der Waals surface area contributed by atoms with Crippen LogP contribution in [0.25, 0.3) is 0 Å². The Morgan fingerprint density at radius 2 is 1.69 bits per heavy atom. The minimum Gasteiger partial charge on any atom is -0.459 e. The predicted molar refractivity (Wildman–Crippen MR) is 96.3 cm³/mol. The van der Waals surface area contributed by atoms with Gasteiger partial charge in [0, 0.05) is 4.47 Å². The Morgan fingerprint density at radius 1 is 1.04 bits per heavy atom. The van der Waals surface area contributed by atoms with Crippen LogP contribution in [0.3, 0.4) is 0 Å². The summed E-state index contributed by atoms with van der Waals surface area (Å²) < 4.78 is 31.2. The molecule has 1 aromatic carbocycles. The first-order valence-corrected chi connectivity index (χ1v) is 8.11. The van der Waals surface area contributed by atoms with Crippen molar-refractivity contribution in [3.63, 3.8) is 0 Å². The highest BCUT2D eigenvalue weighted by molar-refractivity contribution is 9.10. The molecule has 0 aliphatic rings. The lowest BCUT2D eigenvalue weighted by atomic mass is 10.2. The Labute approximate surface area is 160 Å². The van der Waals surface area contributed by atoms with Gasteiger partial charge in [-0.05, 0) is 29.3 Å². The fraction of sp³-hybridized carbons (Fsp3) is 0.0667. The van der Waals surface area contributed by atoms with Gasteiger partial charge in [-0.25, -0.2) is 18.7 Å². The molecule has 7 nitrogen and oxygen atoms in total. The molecule has 2 heterocycles. The van der Waals surface area contributed by atoms with Crippen molar-refractivity contribution in [3.05, 3.63) is 63.6 Å². The zero-order valence-corrected chi connectivity index (χ0v) is 15.4. The minimum atomic E-state index is -0.653. The van der Waals surface area contributed by atoms with Gasteiger partial charge in [-0.2, -0.15) is 9.97 Å². The largest absolute Gasteiger partial charge is 0.459 e. The lowest BCUT2D eigenvalue weighted by Gasteiger charge is -2.05. The first kappa shape index (κ1) is 19.7. The lowest BCUT2D eigenvalue weighted by Crippen LogP contribution is -2.03. The van der Waals surface area contributed by atoms with E-state index in [-0.39, 0.29) is 22.9 Å². The number of benzene rings is 1. The van der Waals surface area contributed by atoms with E-state index in [1.807, 2.05) is 24.3 Å². The summed E-state index contributed by atoms with van der Waals surface area (Å²) in [4.78, 5) is 14.0. The smallest absolute Gasteiger partial charge is 0.318 e. The van der Waals surface area contributed by atoms with E-state index in [0.717, 1.165) is 22.4 Å². The maximum absolute atomic E-state index is 12.8. The van der Waals surface area contributed by atoms with Gasteiger partial charge in [0.1, 0.15) is 6.61 Å². The average molecular weight is 446 g/mol. The van der Waals surface area contributed by atoms with Gasteiger partial charge in [0.15, 0.2) is 23.3 Å². The van der Waals surface area contributed by atoms with Crippen LogP contribution in [0.1, 0.15) is 5.56 Å². The molecule has 0 radical (unpaired) electrons. The van der Waals surface area contributed by atoms with Crippen molar-refractivity contribution in [3.8, 4) is 6.01 Å². The molecule has 0 amide bonds. The van der Waals surface area contributed by atoms with Gasteiger partial charge in [-0.15, -0.1) is 0 Å². The maximum Gasteiger partial charge on any atom is 0.318 e. The van der Waals surface area contributed by atoms with Crippen LogP contribution >= 0.6 is 27.5 Å². The molecule has 3 aromatic rings. The number of nitrogens with two attached hydrogens (primary N) is 2. The minimum absolute atomic E-state index is 0.0473. The summed E-state index contributed by atoms with van der Waals surface area (Å²) in [5.41, 5.74) is 11.3. The second-order valence-electron chi connectivity index (χ2n) is 4.68. The Bertz CT molecular complexity index is 902. The third-order valence-electron chi connectivity index (χ3n) is 2.75. The Morgan fingerprint density at radius 3 is 2.27 bits per heavy atom. The standard InChI is InChI=1S/C11H9BrFN3O.C4H3ClFN3/c12-8-3-1-2-7(4-8)6-17-11-15-5-9(13)10(14)16-11;5-4-8-1-2(6)3(7)9-4/h1-5H,6H2,(H2,14,15,16);1H,(H2,7,8,9). The molecule has 0 atom stereocenters. The molecule has 0 unspecified atom stereocenters. The maximum atomic E-state index is 12.8. The third-order valence-corrected chi connectivity index (χ3v) is 3.42. The molecular weight excluding hydrogens is 434 g/mol. The molecule has 4 N–H and O–H groups in total. The molecule has 0 saturated carbocycles. The summed E-state index contributed by atoms with van der Waals surface area (Å²) in [7, 11) is 0. The molecule has 11 heteroatoms. The highest BCUT2D eigenvalue weighted by Gasteiger charge is 2.04. The summed E-state index contributed by atoms with van der Waals surface area (Å²) in [5.74, 6) is -1.75. The van der Waals surface area contributed by atoms with Crippen LogP contribution in [0.15, 0.2) is 41.1 Å². The molecule has 0 aliphatic heterocycles. The van der Waals surface area contributed by atoms with Gasteiger partial charge < -0.3 is 16.2 Å². The number of ether oxygens (including phenoxy) is 1. The highest BCUT2D eigenvalue weighted by atomic mass is 79.9. The normalized spacial score (nSPS) is 10.0. The second kappa shape index (κ2) is 9.20. The molecule has 0 spiro atoms. The van der Waals surface area contributed by atoms with Gasteiger partial charge in [0.2, 0.25) is 5.28 Å². The Hall–Kier alpha value is -2.59. The molecule has 0 fully saturated rings. The van der Waals surface area contributed by atoms with E-state index < -0.39 is 11.6 Å². The fourth-order valence-electron chi connectivity index (χ4n) is 1.57. The van der Waals surface area contributed by atoms with E-state index in [0.29, 0.717) is 6.61 Å². The highest BCUT2D eigenvalue weighted by Crippen LogP contribution is 2.14. The average Bonchev–Trinajstić information content (AvgIpc) is 2.60. The number of hydrogen-bond acceptors (Lipinski definition) is 7. The van der Waals surface area contributed by atoms with E-state index in [4.69, 9.17) is 27.8 Å². The predicted octanol–water partition coefficient (Wildman–Crippen LogP) is 3.39. The topological polar surface area (TPSA) is 113 Å². The van der Waals surface area contributed by atoms with Crippen LogP contribution in [-0.4, -0.2) is 19.9 Å². The van der Waals surface area contributed by atoms with E-state index in [1.165, 1.54) is 0 Å². The van der Waals surface area contributed by atoms with Crippen molar-refractivity contribution in [2.24, 2.45) is 0 Å². The number of rotatable bonds is 3. The Kier molecular flexibility index (Phi) is 6.98. The SMILES string of the molecule is Nc1nc(Cl)ncc1F.Nc1nc(OCc2cccc(Br)c2)ncc1F. The molecule has 26 heavy (non-hydrogen) atoms. The summed E-state index contributed by atoms with van der Waals surface area (Å²) in [6.07, 6.45) is 1.91. The van der Waals surface area contributed by atoms with E-state index >= 15 is 0 Å². The number of nitrogens with zero attached hydrogens (tertiary/aromatic N) is 4. The first-order valence-electron chi connectivity index (χ1n) is 6.94. The molecule has 0 aliphatic carbocycles. The molecular formula is C15H12BrClF2N6O. The number of halogens is 4. The number of aromatic nitrogens is 4. The Balaban J connectivity index is 0.000000228. The molecule has 3 rings (SSSR count). The van der Waals surface area contributed by atoms with Crippen molar-refractivity contribution >= 4 is 39.2 Å². The molecule has 0 saturated heterocycles. The van der Waals surface area contributed by atoms with E-state index in [2.05, 4.69) is 35.9 Å². The van der Waals surface area contributed by atoms with Crippen LogP contribution < -0.4 is 16.2 Å². The van der Waals surface area contributed by atoms with Crippen LogP contribution in [-0.2, 0) is 6.61 Å². The quantitative estimate of drug-likeness (QED) is 0.594. The first-order chi connectivity index (χ1) is 12.3. The van der Waals surface area contributed by atoms with Crippen LogP contribution in [0.5, 0.6) is 6.01 Å². The number of anilines is 2.